The molecule has 654 valence electrons. The van der Waals surface area contributed by atoms with Crippen molar-refractivity contribution in [2.75, 3.05) is 26.8 Å². The number of fused-ring (bicyclic) bond motifs is 5. The van der Waals surface area contributed by atoms with Gasteiger partial charge < -0.3 is 71.6 Å². The van der Waals surface area contributed by atoms with E-state index in [2.05, 4.69) is 41.9 Å². The number of aromatic nitrogens is 3. The molecule has 0 saturated heterocycles. The second-order valence-corrected chi connectivity index (χ2v) is 34.6. The molecule has 6 amide bonds. The Kier molecular flexibility index (Phi) is 28.9. The molecule has 0 bridgehead atoms. The molecule has 1 aliphatic heterocycles. The number of para-hydroxylation sites is 1. The normalized spacial score (nSPS) is 14.2. The molecule has 30 heteroatoms. The van der Waals surface area contributed by atoms with E-state index in [-0.39, 0.29) is 62.4 Å². The van der Waals surface area contributed by atoms with Crippen LogP contribution >= 0.6 is 0 Å². The monoisotopic (exact) mass is 1720 g/mol. The van der Waals surface area contributed by atoms with Crippen LogP contribution in [0.25, 0.3) is 27.3 Å². The van der Waals surface area contributed by atoms with Crippen LogP contribution in [0.1, 0.15) is 146 Å². The van der Waals surface area contributed by atoms with Gasteiger partial charge in [0.25, 0.3) is 10.0 Å². The number of carboxylic acids is 1. The van der Waals surface area contributed by atoms with Gasteiger partial charge in [0, 0.05) is 67.9 Å². The van der Waals surface area contributed by atoms with E-state index >= 15 is 24.0 Å². The maximum atomic E-state index is 16.0. The highest BCUT2D eigenvalue weighted by molar-refractivity contribution is 7.90. The van der Waals surface area contributed by atoms with Crippen molar-refractivity contribution in [2.45, 2.75) is 183 Å². The van der Waals surface area contributed by atoms with E-state index in [1.54, 1.807) is 109 Å². The molecular weight excluding hydrogens is 1610 g/mol. The molecule has 12 rings (SSSR count). The Morgan fingerprint density at radius 1 is 0.624 bits per heavy atom. The molecular formula is C95H106N13O16S-. The maximum absolute atomic E-state index is 16.0. The summed E-state index contributed by atoms with van der Waals surface area (Å²) in [4.78, 5) is 137. The number of carbonyl (C=O) groups is 9. The summed E-state index contributed by atoms with van der Waals surface area (Å²) in [5.74, 6) is -7.96. The van der Waals surface area contributed by atoms with Crippen molar-refractivity contribution in [1.82, 2.24) is 50.7 Å². The van der Waals surface area contributed by atoms with Gasteiger partial charge in [-0.05, 0) is 173 Å². The zero-order valence-corrected chi connectivity index (χ0v) is 72.1. The number of nitrogens with zero attached hydrogens (tertiary/aromatic N) is 4. The van der Waals surface area contributed by atoms with E-state index in [1.165, 1.54) is 10.8 Å². The van der Waals surface area contributed by atoms with Crippen molar-refractivity contribution in [3.63, 3.8) is 0 Å². The number of rotatable bonds is 36. The Balaban J connectivity index is 0.895. The summed E-state index contributed by atoms with van der Waals surface area (Å²) >= 11 is 0. The smallest absolute Gasteiger partial charge is 0.419 e. The number of nitrogens with two attached hydrogens (primary N) is 1. The standard InChI is InChI=1S/C95H107N13O16S/c1-58-59(2)83(60(3)72-53-94(7,8)123-82(58)72)125(119,120)106-90(97)98-48-30-45-74(84(111)103-77(86(113)101-75(89(116)121-9)44-28-29-47-96)50-62-54-108(92(118)124-93(4,5)6)80-46-27-26-39-67(62)80)100-85(112)76(49-61-31-14-10-15-32-61)102-87(114)78(51-66-55-107(57-99-66)95(63-33-16-11-17-34-63,64-35-18-12-19-36-64)65-37-20-13-21-38-65)104-88(115)79(52-81(109)110)105-91(117)122-56-73-70-42-24-22-40-68(70)69-41-23-25-43-71(69)73/h10-27,31-43,46,54-55,57,73-79H,28-30,44-45,47-53,56,96H2,1-9H3,(H10,97,98,100,101,102,103,104,105,106,109,110,111,112,113,114,115,117)/p-1/t74-,75-,76+,77-,78-,79+/m0/s1. The third-order valence-electron chi connectivity index (χ3n) is 22.4. The van der Waals surface area contributed by atoms with Gasteiger partial charge in [-0.15, -0.1) is 0 Å². The molecule has 0 spiro atoms. The number of sulfonamides is 1. The number of hydrogen-bond donors (Lipinski definition) is 10. The predicted molar refractivity (Wildman–Crippen MR) is 471 cm³/mol. The number of nitrogens with one attached hydrogen (secondary N) is 8. The molecule has 11 N–H and O–H groups in total. The van der Waals surface area contributed by atoms with Crippen LogP contribution in [0.15, 0.2) is 218 Å². The summed E-state index contributed by atoms with van der Waals surface area (Å²) in [7, 11) is -3.30. The number of carbonyl (C=O) groups excluding carboxylic acids is 8. The fraction of sp³-hybridized carbons (Fsp3) is 0.337. The highest BCUT2D eigenvalue weighted by Crippen LogP contribution is 2.47. The first kappa shape index (κ1) is 90.7. The van der Waals surface area contributed by atoms with Crippen molar-refractivity contribution in [3.05, 3.63) is 285 Å². The molecule has 0 fully saturated rings. The molecule has 2 aromatic heterocycles. The second-order valence-electron chi connectivity index (χ2n) is 33.0. The first-order chi connectivity index (χ1) is 59.8. The molecule has 29 nitrogen and oxygen atoms in total. The van der Waals surface area contributed by atoms with Gasteiger partial charge in [0.05, 0.1) is 29.5 Å². The average molecular weight is 1720 g/mol. The van der Waals surface area contributed by atoms with Crippen LogP contribution in [-0.4, -0.2) is 162 Å². The molecule has 0 unspecified atom stereocenters. The first-order valence-electron chi connectivity index (χ1n) is 41.6. The molecule has 10 aromatic rings. The van der Waals surface area contributed by atoms with Gasteiger partial charge in [0.15, 0.2) is 0 Å². The van der Waals surface area contributed by atoms with Crippen LogP contribution in [0.2, 0.25) is 0 Å². The number of esters is 1. The van der Waals surface area contributed by atoms with Crippen LogP contribution in [0, 0.1) is 26.2 Å². The summed E-state index contributed by atoms with van der Waals surface area (Å²) < 4.78 is 57.3. The first-order valence-corrected chi connectivity index (χ1v) is 43.1. The lowest BCUT2D eigenvalue weighted by Crippen LogP contribution is -2.60. The van der Waals surface area contributed by atoms with Gasteiger partial charge in [-0.2, -0.15) is 0 Å². The number of hydrogen-bond acceptors (Lipinski definition) is 18. The third-order valence-corrected chi connectivity index (χ3v) is 24.0. The molecule has 8 aromatic carbocycles. The number of aliphatic carboxylic acids is 1. The van der Waals surface area contributed by atoms with E-state index in [4.69, 9.17) is 35.1 Å². The lowest BCUT2D eigenvalue weighted by atomic mass is 9.77. The van der Waals surface area contributed by atoms with Crippen LogP contribution in [0.3, 0.4) is 0 Å². The van der Waals surface area contributed by atoms with E-state index < -0.39 is 141 Å². The molecule has 125 heavy (non-hydrogen) atoms. The largest absolute Gasteiger partial charge is 0.607 e. The number of benzene rings is 8. The highest BCUT2D eigenvalue weighted by Gasteiger charge is 2.42. The molecule has 0 radical (unpaired) electrons. The Morgan fingerprint density at radius 3 is 1.71 bits per heavy atom. The Bertz CT molecular complexity index is 5600. The summed E-state index contributed by atoms with van der Waals surface area (Å²) in [6, 6.07) is 49.3. The number of methoxy groups -OCH3 is 1. The zero-order valence-electron chi connectivity index (χ0n) is 71.3. The minimum absolute atomic E-state index is 0.0271. The minimum Gasteiger partial charge on any atom is -0.607 e. The Morgan fingerprint density at radius 2 is 1.14 bits per heavy atom. The SMILES string of the molecule is COC(=O)[C@H](CCCCN)NC(=O)[C@H](Cc1cn(C(=O)OC(C)(C)C)c2ccccc12)NC(=O)[C@H](CCCNC(=N)NS(=O)(=O)c1c(C)c(C)c2c(c1C)CC(C)(C)O2)NC(=O)[C@@H](Cc1ccccc1)NC(=O)[C@H](Cc1cn(C(c2ccccc2)(c2ccccc2)c2ccccc2)cn1)NC(=O)[C@@H](CC(=O)O)[N-]C(=O)OCC1c2ccccc2-c2ccccc21. The van der Waals surface area contributed by atoms with Gasteiger partial charge in [-0.3, -0.25) is 43.5 Å². The van der Waals surface area contributed by atoms with Gasteiger partial charge in [-0.1, -0.05) is 188 Å². The maximum Gasteiger partial charge on any atom is 0.419 e. The topological polar surface area (TPSA) is 416 Å². The van der Waals surface area contributed by atoms with Crippen LogP contribution < -0.4 is 47.1 Å². The Labute approximate surface area is 726 Å². The zero-order chi connectivity index (χ0) is 89.5. The Hall–Kier alpha value is -13.5. The number of ether oxygens (including phenoxy) is 4. The molecule has 2 aliphatic rings. The number of carboxylic acid groups (broad SMARTS) is 1. The molecule has 6 atom stereocenters. The number of guanidine groups is 1. The minimum atomic E-state index is -4.45. The third kappa shape index (κ3) is 21.6. The second kappa shape index (κ2) is 39.8. The fourth-order valence-corrected chi connectivity index (χ4v) is 18.0. The quantitative estimate of drug-likeness (QED) is 0.00435. The van der Waals surface area contributed by atoms with E-state index in [0.29, 0.717) is 63.7 Å². The summed E-state index contributed by atoms with van der Waals surface area (Å²) in [6.45, 7) is 13.8. The van der Waals surface area contributed by atoms with E-state index in [9.17, 15) is 32.7 Å². The van der Waals surface area contributed by atoms with Gasteiger partial charge in [-0.25, -0.2) is 27.7 Å². The van der Waals surface area contributed by atoms with Gasteiger partial charge in [0.2, 0.25) is 41.6 Å². The van der Waals surface area contributed by atoms with Crippen molar-refractivity contribution in [1.29, 1.82) is 5.41 Å². The average Bonchev–Trinajstić information content (AvgIpc) is 1.70. The highest BCUT2D eigenvalue weighted by atomic mass is 32.2. The van der Waals surface area contributed by atoms with Gasteiger partial charge >= 0.3 is 18.0 Å². The van der Waals surface area contributed by atoms with Crippen molar-refractivity contribution in [3.8, 4) is 16.9 Å². The lowest BCUT2D eigenvalue weighted by Gasteiger charge is -2.37. The molecule has 3 heterocycles. The summed E-state index contributed by atoms with van der Waals surface area (Å²) in [5, 5.41) is 40.7. The van der Waals surface area contributed by atoms with E-state index in [0.717, 1.165) is 51.6 Å². The van der Waals surface area contributed by atoms with Crippen LogP contribution in [0.4, 0.5) is 9.59 Å². The summed E-state index contributed by atoms with van der Waals surface area (Å²) in [6.07, 6.45) is 1.47. The molecule has 1 aliphatic carbocycles. The number of imidazole rings is 1. The van der Waals surface area contributed by atoms with Crippen molar-refractivity contribution in [2.24, 2.45) is 5.73 Å². The van der Waals surface area contributed by atoms with Crippen molar-refractivity contribution >= 4 is 80.5 Å². The van der Waals surface area contributed by atoms with Gasteiger partial charge in [0.1, 0.15) is 59.3 Å². The van der Waals surface area contributed by atoms with Crippen LogP contribution in [-0.2, 0) is 89.0 Å². The lowest BCUT2D eigenvalue weighted by molar-refractivity contribution is -0.145. The molecule has 0 saturated carbocycles. The number of unbranched alkanes of at least 4 members (excludes halogenated alkanes) is 1. The summed E-state index contributed by atoms with van der Waals surface area (Å²) in [5.41, 5.74) is 12.8. The van der Waals surface area contributed by atoms with Crippen molar-refractivity contribution < 1.29 is 75.6 Å². The van der Waals surface area contributed by atoms with Crippen LogP contribution in [0.5, 0.6) is 5.75 Å². The number of amides is 6. The fourth-order valence-electron chi connectivity index (χ4n) is 16.4. The predicted octanol–water partition coefficient (Wildman–Crippen LogP) is 11.3. The van der Waals surface area contributed by atoms with E-state index in [1.807, 2.05) is 158 Å².